The van der Waals surface area contributed by atoms with Crippen LogP contribution in [0.4, 0.5) is 5.69 Å². The number of aromatic amines is 2. The van der Waals surface area contributed by atoms with Crippen molar-refractivity contribution < 1.29 is 5.11 Å². The van der Waals surface area contributed by atoms with Crippen LogP contribution in [-0.2, 0) is 0 Å². The van der Waals surface area contributed by atoms with E-state index in [1.54, 1.807) is 12.3 Å². The van der Waals surface area contributed by atoms with Gasteiger partial charge in [-0.2, -0.15) is 0 Å². The Morgan fingerprint density at radius 1 is 1.18 bits per heavy atom. The fraction of sp³-hybridized carbons (Fsp3) is 0.240. The summed E-state index contributed by atoms with van der Waals surface area (Å²) in [5, 5.41) is 17.2. The highest BCUT2D eigenvalue weighted by molar-refractivity contribution is 6.03. The summed E-state index contributed by atoms with van der Waals surface area (Å²) in [6, 6.07) is 13.6. The van der Waals surface area contributed by atoms with Crippen LogP contribution in [0.5, 0.6) is 0 Å². The van der Waals surface area contributed by atoms with Crippen LogP contribution in [-0.4, -0.2) is 45.5 Å². The molecule has 1 aliphatic heterocycles. The molecular formula is C25H26N6O2. The van der Waals surface area contributed by atoms with Crippen molar-refractivity contribution in [3.05, 3.63) is 81.3 Å². The Hall–Kier alpha value is -3.91. The molecule has 5 N–H and O–H groups in total. The van der Waals surface area contributed by atoms with Crippen LogP contribution in [0.3, 0.4) is 0 Å². The molecule has 0 saturated heterocycles. The Balaban J connectivity index is 1.48. The van der Waals surface area contributed by atoms with E-state index in [2.05, 4.69) is 31.7 Å². The summed E-state index contributed by atoms with van der Waals surface area (Å²) in [6.07, 6.45) is 0.876. The van der Waals surface area contributed by atoms with Crippen molar-refractivity contribution in [1.29, 1.82) is 0 Å². The Bertz CT molecular complexity index is 1420. The van der Waals surface area contributed by atoms with E-state index in [9.17, 15) is 9.90 Å². The van der Waals surface area contributed by atoms with Crippen LogP contribution in [0.15, 0.2) is 58.4 Å². The first kappa shape index (κ1) is 21.0. The molecule has 0 aliphatic carbocycles. The molecule has 33 heavy (non-hydrogen) atoms. The van der Waals surface area contributed by atoms with Crippen LogP contribution < -0.4 is 16.2 Å². The number of benzene rings is 2. The molecule has 168 valence electrons. The molecule has 8 nitrogen and oxygen atoms in total. The predicted molar refractivity (Wildman–Crippen MR) is 131 cm³/mol. The maximum absolute atomic E-state index is 12.8. The lowest BCUT2D eigenvalue weighted by Crippen LogP contribution is -2.19. The number of rotatable bonds is 6. The van der Waals surface area contributed by atoms with Crippen LogP contribution in [0.2, 0.25) is 0 Å². The fourth-order valence-corrected chi connectivity index (χ4v) is 4.20. The van der Waals surface area contributed by atoms with Gasteiger partial charge in [0.25, 0.3) is 5.56 Å². The van der Waals surface area contributed by atoms with E-state index in [0.717, 1.165) is 52.2 Å². The molecule has 0 bridgehead atoms. The molecule has 4 aromatic rings. The number of imidazole rings is 1. The lowest BCUT2D eigenvalue weighted by atomic mass is 10.1. The van der Waals surface area contributed by atoms with Crippen LogP contribution in [0.1, 0.15) is 28.4 Å². The average Bonchev–Trinajstić information content (AvgIpc) is 3.48. The third-order valence-electron chi connectivity index (χ3n) is 5.84. The summed E-state index contributed by atoms with van der Waals surface area (Å²) in [4.78, 5) is 28.1. The van der Waals surface area contributed by atoms with Gasteiger partial charge in [-0.05, 0) is 43.2 Å². The van der Waals surface area contributed by atoms with Crippen LogP contribution in [0.25, 0.3) is 22.4 Å². The molecule has 0 spiro atoms. The second-order valence-corrected chi connectivity index (χ2v) is 8.34. The van der Waals surface area contributed by atoms with Crippen molar-refractivity contribution in [3.8, 4) is 11.4 Å². The van der Waals surface area contributed by atoms with E-state index >= 15 is 0 Å². The molecule has 0 radical (unpaired) electrons. The Labute approximate surface area is 190 Å². The van der Waals surface area contributed by atoms with Crippen molar-refractivity contribution in [2.45, 2.75) is 20.0 Å². The first-order chi connectivity index (χ1) is 16.0. The lowest BCUT2D eigenvalue weighted by molar-refractivity contribution is 0.191. The van der Waals surface area contributed by atoms with E-state index in [1.807, 2.05) is 44.2 Å². The number of hydrogen-bond donors (Lipinski definition) is 5. The number of anilines is 1. The number of nitrogens with zero attached hydrogens (tertiary/aromatic N) is 2. The second-order valence-electron chi connectivity index (χ2n) is 8.34. The number of amidine groups is 1. The molecule has 1 aliphatic rings. The maximum Gasteiger partial charge on any atom is 0.261 e. The molecule has 0 fully saturated rings. The third kappa shape index (κ3) is 4.12. The Kier molecular flexibility index (Phi) is 5.43. The van der Waals surface area contributed by atoms with Crippen LogP contribution in [0, 0.1) is 13.8 Å². The van der Waals surface area contributed by atoms with Gasteiger partial charge in [0.2, 0.25) is 0 Å². The zero-order chi connectivity index (χ0) is 22.9. The van der Waals surface area contributed by atoms with Crippen molar-refractivity contribution >= 4 is 22.6 Å². The van der Waals surface area contributed by atoms with Gasteiger partial charge in [-0.25, -0.2) is 4.98 Å². The van der Waals surface area contributed by atoms with Gasteiger partial charge in [0, 0.05) is 24.8 Å². The number of fused-ring (bicyclic) bond motifs is 1. The molecule has 1 unspecified atom stereocenters. The summed E-state index contributed by atoms with van der Waals surface area (Å²) in [5.41, 5.74) is 6.29. The molecule has 5 rings (SSSR count). The molecule has 2 aromatic carbocycles. The van der Waals surface area contributed by atoms with Gasteiger partial charge in [-0.15, -0.1) is 0 Å². The summed E-state index contributed by atoms with van der Waals surface area (Å²) in [7, 11) is 0. The van der Waals surface area contributed by atoms with E-state index in [4.69, 9.17) is 4.98 Å². The normalized spacial score (nSPS) is 14.2. The van der Waals surface area contributed by atoms with Crippen molar-refractivity contribution in [2.24, 2.45) is 4.99 Å². The van der Waals surface area contributed by atoms with Gasteiger partial charge >= 0.3 is 0 Å². The molecular weight excluding hydrogens is 416 g/mol. The number of aryl methyl sites for hydroxylation is 2. The molecule has 1 atom stereocenters. The summed E-state index contributed by atoms with van der Waals surface area (Å²) < 4.78 is 0. The zero-order valence-corrected chi connectivity index (χ0v) is 18.6. The molecule has 0 amide bonds. The number of aliphatic imine (C=N–C) groups is 1. The van der Waals surface area contributed by atoms with Crippen molar-refractivity contribution in [3.63, 3.8) is 0 Å². The molecule has 3 heterocycles. The predicted octanol–water partition coefficient (Wildman–Crippen LogP) is 3.03. The third-order valence-corrected chi connectivity index (χ3v) is 5.84. The number of pyridine rings is 1. The monoisotopic (exact) mass is 442 g/mol. The van der Waals surface area contributed by atoms with E-state index in [1.165, 1.54) is 0 Å². The van der Waals surface area contributed by atoms with Gasteiger partial charge < -0.3 is 25.7 Å². The van der Waals surface area contributed by atoms with Crippen molar-refractivity contribution in [2.75, 3.05) is 25.0 Å². The standard InChI is InChI=1S/C25H26N6O2/c1-14-4-3-5-16(10-14)20(32)13-29-18-6-7-28-25(33)21(18)24-30-19-12-17(23-26-8-9-27-23)11-15(2)22(19)31-24/h3-7,10-12,20,32H,8-9,13H2,1-2H3,(H,26,27)(H,30,31)(H2,28,29,33). The first-order valence-electron chi connectivity index (χ1n) is 11.0. The highest BCUT2D eigenvalue weighted by Crippen LogP contribution is 2.27. The topological polar surface area (TPSA) is 118 Å². The van der Waals surface area contributed by atoms with Gasteiger partial charge in [0.15, 0.2) is 0 Å². The first-order valence-corrected chi connectivity index (χ1v) is 11.0. The quantitative estimate of drug-likeness (QED) is 0.315. The van der Waals surface area contributed by atoms with Crippen LogP contribution >= 0.6 is 0 Å². The van der Waals surface area contributed by atoms with E-state index in [0.29, 0.717) is 17.1 Å². The number of aliphatic hydroxyl groups is 1. The minimum atomic E-state index is -0.711. The fourth-order valence-electron chi connectivity index (χ4n) is 4.20. The number of aliphatic hydroxyl groups excluding tert-OH is 1. The molecule has 2 aromatic heterocycles. The summed E-state index contributed by atoms with van der Waals surface area (Å²) >= 11 is 0. The molecule has 0 saturated carbocycles. The highest BCUT2D eigenvalue weighted by atomic mass is 16.3. The van der Waals surface area contributed by atoms with Gasteiger partial charge in [0.05, 0.1) is 29.4 Å². The summed E-state index contributed by atoms with van der Waals surface area (Å²) in [6.45, 7) is 5.85. The highest BCUT2D eigenvalue weighted by Gasteiger charge is 2.18. The van der Waals surface area contributed by atoms with E-state index < -0.39 is 6.10 Å². The van der Waals surface area contributed by atoms with Gasteiger partial charge in [0.1, 0.15) is 17.2 Å². The number of aromatic nitrogens is 3. The molecule has 8 heteroatoms. The number of H-pyrrole nitrogens is 2. The van der Waals surface area contributed by atoms with Gasteiger partial charge in [-0.3, -0.25) is 9.79 Å². The van der Waals surface area contributed by atoms with E-state index in [-0.39, 0.29) is 12.1 Å². The van der Waals surface area contributed by atoms with Gasteiger partial charge in [-0.1, -0.05) is 29.8 Å². The zero-order valence-electron chi connectivity index (χ0n) is 18.6. The smallest absolute Gasteiger partial charge is 0.261 e. The average molecular weight is 443 g/mol. The summed E-state index contributed by atoms with van der Waals surface area (Å²) in [5.74, 6) is 1.35. The Morgan fingerprint density at radius 3 is 2.85 bits per heavy atom. The lowest BCUT2D eigenvalue weighted by Gasteiger charge is -2.15. The largest absolute Gasteiger partial charge is 0.387 e. The minimum Gasteiger partial charge on any atom is -0.387 e. The maximum atomic E-state index is 12.8. The van der Waals surface area contributed by atoms with Crippen molar-refractivity contribution in [1.82, 2.24) is 20.3 Å². The second kappa shape index (κ2) is 8.55. The SMILES string of the molecule is Cc1cccc(C(O)CNc2cc[nH]c(=O)c2-c2nc3c(C)cc(C4=NCCN4)cc3[nH]2)c1. The number of nitrogens with one attached hydrogen (secondary N) is 4. The number of hydrogen-bond acceptors (Lipinski definition) is 6. The minimum absolute atomic E-state index is 0.259. The Morgan fingerprint density at radius 2 is 2.06 bits per heavy atom.